The van der Waals surface area contributed by atoms with E-state index in [4.69, 9.17) is 0 Å². The first-order valence-corrected chi connectivity index (χ1v) is 7.64. The summed E-state index contributed by atoms with van der Waals surface area (Å²) in [7, 11) is 0. The third-order valence-electron chi connectivity index (χ3n) is 3.27. The third kappa shape index (κ3) is 2.96. The molecule has 1 aliphatic heterocycles. The number of anilines is 1. The first kappa shape index (κ1) is 13.1. The van der Waals surface area contributed by atoms with E-state index in [1.54, 1.807) is 6.20 Å². The number of hydrogen-bond acceptors (Lipinski definition) is 4. The number of pyridine rings is 1. The van der Waals surface area contributed by atoms with Gasteiger partial charge >= 0.3 is 6.03 Å². The Morgan fingerprint density at radius 1 is 1.25 bits per heavy atom. The zero-order valence-corrected chi connectivity index (χ0v) is 11.9. The zero-order chi connectivity index (χ0) is 13.8. The molecule has 0 atom stereocenters. The smallest absolute Gasteiger partial charge is 0.323 e. The molecule has 3 heterocycles. The standard InChI is InChI=1S/C14H16N4OS/c19-14(18-8-4-1-5-9-18)17-12-10-20-13(16-12)11-6-2-3-7-15-11/h2-3,6-7,10H,1,4-5,8-9H2,(H,17,19). The number of nitrogens with one attached hydrogen (secondary N) is 1. The van der Waals surface area contributed by atoms with Crippen molar-refractivity contribution in [1.29, 1.82) is 0 Å². The summed E-state index contributed by atoms with van der Waals surface area (Å²) in [5.41, 5.74) is 0.830. The van der Waals surface area contributed by atoms with E-state index in [1.807, 2.05) is 28.5 Å². The normalized spacial score (nSPS) is 15.1. The van der Waals surface area contributed by atoms with E-state index in [0.29, 0.717) is 5.82 Å². The van der Waals surface area contributed by atoms with Crippen molar-refractivity contribution >= 4 is 23.2 Å². The Morgan fingerprint density at radius 3 is 2.85 bits per heavy atom. The lowest BCUT2D eigenvalue weighted by molar-refractivity contribution is 0.200. The zero-order valence-electron chi connectivity index (χ0n) is 11.1. The van der Waals surface area contributed by atoms with Crippen molar-refractivity contribution in [2.75, 3.05) is 18.4 Å². The molecule has 2 amide bonds. The maximum absolute atomic E-state index is 12.1. The van der Waals surface area contributed by atoms with Gasteiger partial charge in [0.2, 0.25) is 0 Å². The molecule has 2 aromatic rings. The Balaban J connectivity index is 1.66. The second-order valence-corrected chi connectivity index (χ2v) is 5.59. The number of aromatic nitrogens is 2. The van der Waals surface area contributed by atoms with Gasteiger partial charge in [-0.3, -0.25) is 10.3 Å². The summed E-state index contributed by atoms with van der Waals surface area (Å²) in [6, 6.07) is 5.66. The molecule has 1 N–H and O–H groups in total. The number of urea groups is 1. The van der Waals surface area contributed by atoms with Gasteiger partial charge in [-0.05, 0) is 31.4 Å². The molecule has 0 unspecified atom stereocenters. The van der Waals surface area contributed by atoms with E-state index in [2.05, 4.69) is 15.3 Å². The molecule has 0 aromatic carbocycles. The predicted molar refractivity (Wildman–Crippen MR) is 79.8 cm³/mol. The van der Waals surface area contributed by atoms with Gasteiger partial charge in [-0.1, -0.05) is 6.07 Å². The van der Waals surface area contributed by atoms with Crippen LogP contribution in [0, 0.1) is 0 Å². The molecule has 1 saturated heterocycles. The fraction of sp³-hybridized carbons (Fsp3) is 0.357. The van der Waals surface area contributed by atoms with Crippen LogP contribution in [-0.4, -0.2) is 34.0 Å². The first-order valence-electron chi connectivity index (χ1n) is 6.76. The maximum Gasteiger partial charge on any atom is 0.323 e. The van der Waals surface area contributed by atoms with E-state index >= 15 is 0 Å². The molecule has 0 radical (unpaired) electrons. The van der Waals surface area contributed by atoms with Gasteiger partial charge < -0.3 is 4.90 Å². The number of carbonyl (C=O) groups excluding carboxylic acids is 1. The van der Waals surface area contributed by atoms with Crippen LogP contribution in [0.1, 0.15) is 19.3 Å². The Bertz CT molecular complexity index is 578. The summed E-state index contributed by atoms with van der Waals surface area (Å²) < 4.78 is 0. The van der Waals surface area contributed by atoms with E-state index in [1.165, 1.54) is 17.8 Å². The Kier molecular flexibility index (Phi) is 3.92. The largest absolute Gasteiger partial charge is 0.325 e. The summed E-state index contributed by atoms with van der Waals surface area (Å²) in [4.78, 5) is 22.6. The van der Waals surface area contributed by atoms with Crippen molar-refractivity contribution < 1.29 is 4.79 Å². The van der Waals surface area contributed by atoms with Crippen LogP contribution in [0.15, 0.2) is 29.8 Å². The van der Waals surface area contributed by atoms with Gasteiger partial charge in [0, 0.05) is 24.7 Å². The highest BCUT2D eigenvalue weighted by Crippen LogP contribution is 2.24. The summed E-state index contributed by atoms with van der Waals surface area (Å²) in [5, 5.41) is 5.53. The van der Waals surface area contributed by atoms with Crippen molar-refractivity contribution in [1.82, 2.24) is 14.9 Å². The van der Waals surface area contributed by atoms with E-state index < -0.39 is 0 Å². The number of carbonyl (C=O) groups is 1. The second-order valence-electron chi connectivity index (χ2n) is 4.73. The lowest BCUT2D eigenvalue weighted by atomic mass is 10.1. The van der Waals surface area contributed by atoms with Crippen LogP contribution in [0.5, 0.6) is 0 Å². The average Bonchev–Trinajstić information content (AvgIpc) is 2.97. The molecule has 20 heavy (non-hydrogen) atoms. The highest BCUT2D eigenvalue weighted by atomic mass is 32.1. The molecule has 2 aromatic heterocycles. The molecule has 1 aliphatic rings. The molecule has 5 nitrogen and oxygen atoms in total. The highest BCUT2D eigenvalue weighted by molar-refractivity contribution is 7.13. The highest BCUT2D eigenvalue weighted by Gasteiger charge is 2.17. The van der Waals surface area contributed by atoms with Gasteiger partial charge in [0.25, 0.3) is 0 Å². The van der Waals surface area contributed by atoms with Crippen LogP contribution in [0.25, 0.3) is 10.7 Å². The van der Waals surface area contributed by atoms with Crippen LogP contribution in [-0.2, 0) is 0 Å². The van der Waals surface area contributed by atoms with Crippen LogP contribution in [0.4, 0.5) is 10.6 Å². The minimum absolute atomic E-state index is 0.0532. The fourth-order valence-electron chi connectivity index (χ4n) is 2.22. The van der Waals surface area contributed by atoms with Gasteiger partial charge in [0.05, 0.1) is 5.69 Å². The molecular weight excluding hydrogens is 272 g/mol. The first-order chi connectivity index (χ1) is 9.83. The van der Waals surface area contributed by atoms with Gasteiger partial charge in [-0.2, -0.15) is 0 Å². The molecule has 0 bridgehead atoms. The van der Waals surface area contributed by atoms with E-state index in [0.717, 1.165) is 36.6 Å². The number of amides is 2. The molecule has 3 rings (SSSR count). The van der Waals surface area contributed by atoms with Crippen molar-refractivity contribution in [2.45, 2.75) is 19.3 Å². The van der Waals surface area contributed by atoms with Crippen LogP contribution < -0.4 is 5.32 Å². The molecule has 1 fully saturated rings. The average molecular weight is 288 g/mol. The van der Waals surface area contributed by atoms with Crippen molar-refractivity contribution in [3.05, 3.63) is 29.8 Å². The van der Waals surface area contributed by atoms with Crippen molar-refractivity contribution in [3.63, 3.8) is 0 Å². The molecule has 104 valence electrons. The van der Waals surface area contributed by atoms with Crippen LogP contribution in [0.3, 0.4) is 0 Å². The number of rotatable bonds is 2. The number of piperidine rings is 1. The predicted octanol–water partition coefficient (Wildman–Crippen LogP) is 3.22. The molecular formula is C14H16N4OS. The molecule has 0 aliphatic carbocycles. The minimum Gasteiger partial charge on any atom is -0.325 e. The lowest BCUT2D eigenvalue weighted by Crippen LogP contribution is -2.38. The van der Waals surface area contributed by atoms with Gasteiger partial charge in [-0.15, -0.1) is 11.3 Å². The number of nitrogens with zero attached hydrogens (tertiary/aromatic N) is 3. The number of thiazole rings is 1. The van der Waals surface area contributed by atoms with Crippen molar-refractivity contribution in [3.8, 4) is 10.7 Å². The third-order valence-corrected chi connectivity index (χ3v) is 4.13. The second kappa shape index (κ2) is 6.00. The molecule has 6 heteroatoms. The van der Waals surface area contributed by atoms with E-state index in [9.17, 15) is 4.79 Å². The summed E-state index contributed by atoms with van der Waals surface area (Å²) in [6.07, 6.45) is 5.13. The SMILES string of the molecule is O=C(Nc1csc(-c2ccccn2)n1)N1CCCCC1. The Labute approximate surface area is 121 Å². The quantitative estimate of drug-likeness (QED) is 0.923. The van der Waals surface area contributed by atoms with E-state index in [-0.39, 0.29) is 6.03 Å². The van der Waals surface area contributed by atoms with Gasteiger partial charge in [0.1, 0.15) is 10.8 Å². The maximum atomic E-state index is 12.1. The molecule has 0 spiro atoms. The topological polar surface area (TPSA) is 58.1 Å². The summed E-state index contributed by atoms with van der Waals surface area (Å²) >= 11 is 1.48. The lowest BCUT2D eigenvalue weighted by Gasteiger charge is -2.26. The van der Waals surface area contributed by atoms with Gasteiger partial charge in [-0.25, -0.2) is 9.78 Å². The number of hydrogen-bond donors (Lipinski definition) is 1. The monoisotopic (exact) mass is 288 g/mol. The van der Waals surface area contributed by atoms with Crippen molar-refractivity contribution in [2.24, 2.45) is 0 Å². The van der Waals surface area contributed by atoms with Crippen LogP contribution >= 0.6 is 11.3 Å². The fourth-order valence-corrected chi connectivity index (χ4v) is 2.95. The van der Waals surface area contributed by atoms with Crippen LogP contribution in [0.2, 0.25) is 0 Å². The van der Waals surface area contributed by atoms with Gasteiger partial charge in [0.15, 0.2) is 0 Å². The number of likely N-dealkylation sites (tertiary alicyclic amines) is 1. The Morgan fingerprint density at radius 2 is 2.10 bits per heavy atom. The molecule has 0 saturated carbocycles. The Hall–Kier alpha value is -1.95. The summed E-state index contributed by atoms with van der Waals surface area (Å²) in [5.74, 6) is 0.603. The minimum atomic E-state index is -0.0532. The summed E-state index contributed by atoms with van der Waals surface area (Å²) in [6.45, 7) is 1.67.